The molecule has 0 bridgehead atoms. The topological polar surface area (TPSA) is 91.5 Å². The zero-order valence-corrected chi connectivity index (χ0v) is 8.80. The highest BCUT2D eigenvalue weighted by Crippen LogP contribution is 2.30. The molecule has 88 valence electrons. The summed E-state index contributed by atoms with van der Waals surface area (Å²) >= 11 is 0. The highest BCUT2D eigenvalue weighted by Gasteiger charge is 2.26. The number of nitrogens with two attached hydrogens (primary N) is 1. The summed E-state index contributed by atoms with van der Waals surface area (Å²) in [7, 11) is 0. The lowest BCUT2D eigenvalue weighted by atomic mass is 9.91. The molecule has 0 unspecified atom stereocenters. The van der Waals surface area contributed by atoms with E-state index in [1.807, 2.05) is 0 Å². The molecule has 1 aromatic heterocycles. The monoisotopic (exact) mass is 226 g/mol. The summed E-state index contributed by atoms with van der Waals surface area (Å²) in [5.74, 6) is 0.510. The first-order valence-electron chi connectivity index (χ1n) is 5.26. The van der Waals surface area contributed by atoms with Crippen molar-refractivity contribution in [3.05, 3.63) is 28.0 Å². The Bertz CT molecular complexity index is 371. The summed E-state index contributed by atoms with van der Waals surface area (Å²) < 4.78 is 10.3. The Balaban J connectivity index is 2.07. The molecule has 0 spiro atoms. The van der Waals surface area contributed by atoms with E-state index in [0.29, 0.717) is 19.0 Å². The number of furan rings is 1. The van der Waals surface area contributed by atoms with Gasteiger partial charge >= 0.3 is 5.88 Å². The van der Waals surface area contributed by atoms with Gasteiger partial charge in [-0.3, -0.25) is 10.1 Å². The summed E-state index contributed by atoms with van der Waals surface area (Å²) in [5.41, 5.74) is 6.01. The Labute approximate surface area is 92.5 Å². The maximum Gasteiger partial charge on any atom is 0.433 e. The van der Waals surface area contributed by atoms with E-state index in [4.69, 9.17) is 14.9 Å². The molecule has 0 amide bonds. The Morgan fingerprint density at radius 1 is 1.44 bits per heavy atom. The van der Waals surface area contributed by atoms with Crippen LogP contribution in [0.25, 0.3) is 0 Å². The summed E-state index contributed by atoms with van der Waals surface area (Å²) in [6.07, 6.45) is 1.74. The van der Waals surface area contributed by atoms with E-state index in [1.54, 1.807) is 6.07 Å². The Morgan fingerprint density at radius 2 is 2.12 bits per heavy atom. The minimum Gasteiger partial charge on any atom is -0.404 e. The van der Waals surface area contributed by atoms with Crippen LogP contribution in [0.4, 0.5) is 5.88 Å². The van der Waals surface area contributed by atoms with Crippen LogP contribution in [0.3, 0.4) is 0 Å². The summed E-state index contributed by atoms with van der Waals surface area (Å²) in [6, 6.07) is 2.64. The second-order valence-corrected chi connectivity index (χ2v) is 3.91. The first-order valence-corrected chi connectivity index (χ1v) is 5.26. The zero-order chi connectivity index (χ0) is 11.5. The second-order valence-electron chi connectivity index (χ2n) is 3.91. The van der Waals surface area contributed by atoms with Crippen molar-refractivity contribution >= 4 is 5.88 Å². The van der Waals surface area contributed by atoms with Gasteiger partial charge in [-0.05, 0) is 24.8 Å². The highest BCUT2D eigenvalue weighted by atomic mass is 16.6. The standard InChI is InChI=1S/C10H14N2O4/c11-10(7-3-5-15-6-4-7)8-1-2-9(16-8)12(13)14/h1-2,7,10H,3-6,11H2/t10-/m1/s1. The van der Waals surface area contributed by atoms with Crippen molar-refractivity contribution in [3.8, 4) is 0 Å². The minimum absolute atomic E-state index is 0.252. The van der Waals surface area contributed by atoms with Gasteiger partial charge in [-0.2, -0.15) is 0 Å². The second kappa shape index (κ2) is 4.63. The first kappa shape index (κ1) is 11.1. The number of nitrogens with zero attached hydrogens (tertiary/aromatic N) is 1. The third kappa shape index (κ3) is 2.23. The van der Waals surface area contributed by atoms with Gasteiger partial charge in [-0.15, -0.1) is 0 Å². The molecule has 2 rings (SSSR count). The third-order valence-corrected chi connectivity index (χ3v) is 2.89. The molecule has 0 aliphatic carbocycles. The summed E-state index contributed by atoms with van der Waals surface area (Å²) in [5, 5.41) is 10.5. The fourth-order valence-electron chi connectivity index (χ4n) is 1.93. The van der Waals surface area contributed by atoms with Gasteiger partial charge in [0, 0.05) is 13.2 Å². The molecule has 16 heavy (non-hydrogen) atoms. The van der Waals surface area contributed by atoms with Crippen LogP contribution in [0.1, 0.15) is 24.6 Å². The van der Waals surface area contributed by atoms with Crippen molar-refractivity contribution in [2.24, 2.45) is 11.7 Å². The number of ether oxygens (including phenoxy) is 1. The van der Waals surface area contributed by atoms with Gasteiger partial charge in [0.25, 0.3) is 0 Å². The normalized spacial score (nSPS) is 19.6. The minimum atomic E-state index is -0.555. The number of rotatable bonds is 3. The first-order chi connectivity index (χ1) is 7.68. The molecule has 1 fully saturated rings. The van der Waals surface area contributed by atoms with Crippen molar-refractivity contribution in [3.63, 3.8) is 0 Å². The van der Waals surface area contributed by atoms with E-state index in [0.717, 1.165) is 12.8 Å². The number of hydrogen-bond donors (Lipinski definition) is 1. The van der Waals surface area contributed by atoms with Crippen molar-refractivity contribution in [1.29, 1.82) is 0 Å². The lowest BCUT2D eigenvalue weighted by Gasteiger charge is -2.25. The van der Waals surface area contributed by atoms with Crippen LogP contribution in [0.5, 0.6) is 0 Å². The van der Waals surface area contributed by atoms with E-state index < -0.39 is 4.92 Å². The van der Waals surface area contributed by atoms with E-state index in [2.05, 4.69) is 0 Å². The predicted octanol–water partition coefficient (Wildman–Crippen LogP) is 1.61. The fraction of sp³-hybridized carbons (Fsp3) is 0.600. The van der Waals surface area contributed by atoms with Gasteiger partial charge < -0.3 is 14.9 Å². The van der Waals surface area contributed by atoms with Gasteiger partial charge in [0.1, 0.15) is 10.7 Å². The van der Waals surface area contributed by atoms with Crippen LogP contribution < -0.4 is 5.73 Å². The summed E-state index contributed by atoms with van der Waals surface area (Å²) in [4.78, 5) is 9.91. The Morgan fingerprint density at radius 3 is 2.69 bits per heavy atom. The van der Waals surface area contributed by atoms with Gasteiger partial charge in [-0.1, -0.05) is 0 Å². The molecule has 0 saturated carbocycles. The lowest BCUT2D eigenvalue weighted by Crippen LogP contribution is -2.27. The van der Waals surface area contributed by atoms with Gasteiger partial charge in [0.2, 0.25) is 0 Å². The molecule has 0 aromatic carbocycles. The fourth-order valence-corrected chi connectivity index (χ4v) is 1.93. The van der Waals surface area contributed by atoms with E-state index in [1.165, 1.54) is 6.07 Å². The molecule has 1 aromatic rings. The van der Waals surface area contributed by atoms with Crippen molar-refractivity contribution < 1.29 is 14.1 Å². The number of hydrogen-bond acceptors (Lipinski definition) is 5. The smallest absolute Gasteiger partial charge is 0.404 e. The van der Waals surface area contributed by atoms with Crippen LogP contribution in [0, 0.1) is 16.0 Å². The number of nitro groups is 1. The molecule has 6 heteroatoms. The average Bonchev–Trinajstić information content (AvgIpc) is 2.78. The van der Waals surface area contributed by atoms with Crippen LogP contribution >= 0.6 is 0 Å². The zero-order valence-electron chi connectivity index (χ0n) is 8.80. The molecule has 1 saturated heterocycles. The predicted molar refractivity (Wildman–Crippen MR) is 55.8 cm³/mol. The molecule has 6 nitrogen and oxygen atoms in total. The van der Waals surface area contributed by atoms with Crippen molar-refractivity contribution in [2.45, 2.75) is 18.9 Å². The van der Waals surface area contributed by atoms with Crippen LogP contribution in [0.15, 0.2) is 16.5 Å². The summed E-state index contributed by atoms with van der Waals surface area (Å²) in [6.45, 7) is 1.39. The molecule has 1 atom stereocenters. The SMILES string of the molecule is N[C@@H](c1ccc([N+](=O)[O-])o1)C1CCOCC1. The van der Waals surface area contributed by atoms with E-state index >= 15 is 0 Å². The van der Waals surface area contributed by atoms with Crippen LogP contribution in [-0.4, -0.2) is 18.1 Å². The molecular weight excluding hydrogens is 212 g/mol. The van der Waals surface area contributed by atoms with Crippen LogP contribution in [0.2, 0.25) is 0 Å². The Hall–Kier alpha value is -1.40. The molecule has 1 aliphatic heterocycles. The van der Waals surface area contributed by atoms with Crippen LogP contribution in [-0.2, 0) is 4.74 Å². The maximum atomic E-state index is 10.5. The molecular formula is C10H14N2O4. The van der Waals surface area contributed by atoms with Crippen molar-refractivity contribution in [2.75, 3.05) is 13.2 Å². The third-order valence-electron chi connectivity index (χ3n) is 2.89. The average molecular weight is 226 g/mol. The highest BCUT2D eigenvalue weighted by molar-refractivity contribution is 5.20. The van der Waals surface area contributed by atoms with Gasteiger partial charge in [0.05, 0.1) is 12.1 Å². The van der Waals surface area contributed by atoms with E-state index in [-0.39, 0.29) is 17.8 Å². The molecule has 2 heterocycles. The largest absolute Gasteiger partial charge is 0.433 e. The lowest BCUT2D eigenvalue weighted by molar-refractivity contribution is -0.402. The molecule has 2 N–H and O–H groups in total. The maximum absolute atomic E-state index is 10.5. The van der Waals surface area contributed by atoms with E-state index in [9.17, 15) is 10.1 Å². The Kier molecular flexibility index (Phi) is 3.21. The molecule has 1 aliphatic rings. The quantitative estimate of drug-likeness (QED) is 0.624. The van der Waals surface area contributed by atoms with Gasteiger partial charge in [0.15, 0.2) is 0 Å². The van der Waals surface area contributed by atoms with Crippen molar-refractivity contribution in [1.82, 2.24) is 0 Å². The molecule has 0 radical (unpaired) electrons. The van der Waals surface area contributed by atoms with Gasteiger partial charge in [-0.25, -0.2) is 0 Å².